The lowest BCUT2D eigenvalue weighted by Gasteiger charge is -2.10. The first-order chi connectivity index (χ1) is 10.9. The monoisotopic (exact) mass is 330 g/mol. The highest BCUT2D eigenvalue weighted by Crippen LogP contribution is 2.16. The number of H-pyrrole nitrogens is 1. The highest BCUT2D eigenvalue weighted by molar-refractivity contribution is 7.90. The summed E-state index contributed by atoms with van der Waals surface area (Å²) in [7, 11) is -3.40. The molecule has 0 atom stereocenters. The summed E-state index contributed by atoms with van der Waals surface area (Å²) >= 11 is 0. The van der Waals surface area contributed by atoms with E-state index >= 15 is 0 Å². The topological polar surface area (TPSA) is 89.0 Å². The Morgan fingerprint density at radius 3 is 2.39 bits per heavy atom. The molecule has 0 saturated heterocycles. The number of benzene rings is 2. The Morgan fingerprint density at radius 2 is 1.74 bits per heavy atom. The maximum Gasteiger partial charge on any atom is 0.317 e. The first-order valence-electron chi connectivity index (χ1n) is 6.87. The zero-order chi connectivity index (χ0) is 16.6. The van der Waals surface area contributed by atoms with E-state index in [2.05, 4.69) is 4.98 Å². The third kappa shape index (κ3) is 2.95. The van der Waals surface area contributed by atoms with Crippen molar-refractivity contribution in [3.63, 3.8) is 0 Å². The Morgan fingerprint density at radius 1 is 1.04 bits per heavy atom. The predicted octanol–water partition coefficient (Wildman–Crippen LogP) is 1.14. The molecule has 0 spiro atoms. The molecule has 3 aromatic rings. The second kappa shape index (κ2) is 5.51. The summed E-state index contributed by atoms with van der Waals surface area (Å²) < 4.78 is 24.6. The van der Waals surface area contributed by atoms with Gasteiger partial charge in [0.05, 0.1) is 22.5 Å². The maximum atomic E-state index is 12.2. The minimum Gasteiger partial charge on any atom is -0.316 e. The van der Waals surface area contributed by atoms with Crippen LogP contribution in [0.5, 0.6) is 0 Å². The van der Waals surface area contributed by atoms with Crippen LogP contribution in [0.3, 0.4) is 0 Å². The Hall–Kier alpha value is -2.67. The van der Waals surface area contributed by atoms with E-state index in [9.17, 15) is 18.0 Å². The zero-order valence-electron chi connectivity index (χ0n) is 12.3. The van der Waals surface area contributed by atoms with Crippen LogP contribution < -0.4 is 11.1 Å². The second-order valence-corrected chi connectivity index (χ2v) is 7.30. The zero-order valence-corrected chi connectivity index (χ0v) is 13.1. The molecule has 0 amide bonds. The highest BCUT2D eigenvalue weighted by atomic mass is 32.2. The largest absolute Gasteiger partial charge is 0.317 e. The summed E-state index contributed by atoms with van der Waals surface area (Å²) in [6, 6.07) is 13.6. The van der Waals surface area contributed by atoms with Gasteiger partial charge in [0, 0.05) is 6.26 Å². The molecule has 6 nitrogen and oxygen atoms in total. The van der Waals surface area contributed by atoms with Crippen molar-refractivity contribution in [1.29, 1.82) is 0 Å². The number of aromatic nitrogens is 2. The lowest BCUT2D eigenvalue weighted by atomic mass is 10.2. The fraction of sp³-hybridized carbons (Fsp3) is 0.125. The molecule has 3 rings (SSSR count). The average Bonchev–Trinajstić information content (AvgIpc) is 2.51. The van der Waals surface area contributed by atoms with E-state index in [1.807, 2.05) is 30.3 Å². The standard InChI is InChI=1S/C16H14N2O4S/c1-23(21,22)12-7-8-14-13(9-12)17-15(19)16(20)18(14)10-11-5-3-2-4-6-11/h2-9H,10H2,1H3,(H,17,19). The normalized spacial score (nSPS) is 11.7. The summed E-state index contributed by atoms with van der Waals surface area (Å²) in [4.78, 5) is 26.6. The first kappa shape index (κ1) is 15.2. The molecule has 1 aromatic heterocycles. The first-order valence-corrected chi connectivity index (χ1v) is 8.76. The quantitative estimate of drug-likeness (QED) is 0.729. The van der Waals surface area contributed by atoms with Crippen LogP contribution in [0, 0.1) is 0 Å². The molecule has 7 heteroatoms. The number of fused-ring (bicyclic) bond motifs is 1. The van der Waals surface area contributed by atoms with Crippen LogP contribution in [-0.2, 0) is 16.4 Å². The van der Waals surface area contributed by atoms with Crippen molar-refractivity contribution in [1.82, 2.24) is 9.55 Å². The van der Waals surface area contributed by atoms with Crippen molar-refractivity contribution in [2.45, 2.75) is 11.4 Å². The molecular formula is C16H14N2O4S. The van der Waals surface area contributed by atoms with E-state index in [4.69, 9.17) is 0 Å². The Balaban J connectivity index is 2.26. The maximum absolute atomic E-state index is 12.2. The Bertz CT molecular complexity index is 1100. The van der Waals surface area contributed by atoms with E-state index in [0.29, 0.717) is 11.0 Å². The molecule has 0 fully saturated rings. The van der Waals surface area contributed by atoms with Gasteiger partial charge in [-0.05, 0) is 23.8 Å². The van der Waals surface area contributed by atoms with Crippen molar-refractivity contribution in [2.75, 3.05) is 6.26 Å². The SMILES string of the molecule is CS(=O)(=O)c1ccc2c(c1)[nH]c(=O)c(=O)n2Cc1ccccc1. The summed E-state index contributed by atoms with van der Waals surface area (Å²) in [5.41, 5.74) is 0.209. The summed E-state index contributed by atoms with van der Waals surface area (Å²) in [5.74, 6) is 0. The van der Waals surface area contributed by atoms with Gasteiger partial charge in [0.1, 0.15) is 0 Å². The Labute approximate surface area is 131 Å². The number of hydrogen-bond acceptors (Lipinski definition) is 4. The molecule has 0 aliphatic heterocycles. The van der Waals surface area contributed by atoms with E-state index < -0.39 is 21.0 Å². The van der Waals surface area contributed by atoms with Crippen molar-refractivity contribution >= 4 is 20.9 Å². The third-order valence-electron chi connectivity index (χ3n) is 3.56. The van der Waals surface area contributed by atoms with Gasteiger partial charge in [0.2, 0.25) is 0 Å². The van der Waals surface area contributed by atoms with Gasteiger partial charge in [-0.25, -0.2) is 8.42 Å². The minimum atomic E-state index is -3.40. The van der Waals surface area contributed by atoms with Crippen molar-refractivity contribution < 1.29 is 8.42 Å². The fourth-order valence-corrected chi connectivity index (χ4v) is 3.06. The average molecular weight is 330 g/mol. The second-order valence-electron chi connectivity index (χ2n) is 5.28. The highest BCUT2D eigenvalue weighted by Gasteiger charge is 2.12. The van der Waals surface area contributed by atoms with E-state index in [0.717, 1.165) is 11.8 Å². The van der Waals surface area contributed by atoms with E-state index in [-0.39, 0.29) is 11.4 Å². The van der Waals surface area contributed by atoms with Crippen LogP contribution in [0.25, 0.3) is 11.0 Å². The van der Waals surface area contributed by atoms with Crippen LogP contribution in [0.15, 0.2) is 63.0 Å². The van der Waals surface area contributed by atoms with Crippen LogP contribution in [0.2, 0.25) is 0 Å². The lowest BCUT2D eigenvalue weighted by Crippen LogP contribution is -2.36. The van der Waals surface area contributed by atoms with Crippen molar-refractivity contribution in [3.05, 3.63) is 74.8 Å². The number of nitrogens with zero attached hydrogens (tertiary/aromatic N) is 1. The summed E-state index contributed by atoms with van der Waals surface area (Å²) in [5, 5.41) is 0. The van der Waals surface area contributed by atoms with Gasteiger partial charge < -0.3 is 4.98 Å². The van der Waals surface area contributed by atoms with E-state index in [1.165, 1.54) is 22.8 Å². The van der Waals surface area contributed by atoms with Crippen molar-refractivity contribution in [3.8, 4) is 0 Å². The van der Waals surface area contributed by atoms with Gasteiger partial charge in [-0.3, -0.25) is 14.2 Å². The molecule has 2 aromatic carbocycles. The van der Waals surface area contributed by atoms with Gasteiger partial charge in [-0.2, -0.15) is 0 Å². The number of sulfone groups is 1. The number of aromatic amines is 1. The molecule has 0 saturated carbocycles. The molecule has 0 bridgehead atoms. The van der Waals surface area contributed by atoms with Crippen molar-refractivity contribution in [2.24, 2.45) is 0 Å². The van der Waals surface area contributed by atoms with Crippen LogP contribution in [0.4, 0.5) is 0 Å². The van der Waals surface area contributed by atoms with Crippen LogP contribution in [0.1, 0.15) is 5.56 Å². The molecule has 0 radical (unpaired) electrons. The van der Waals surface area contributed by atoms with Gasteiger partial charge in [0.25, 0.3) is 0 Å². The molecule has 23 heavy (non-hydrogen) atoms. The van der Waals surface area contributed by atoms with Crippen LogP contribution in [-0.4, -0.2) is 24.2 Å². The number of rotatable bonds is 3. The van der Waals surface area contributed by atoms with Crippen LogP contribution >= 0.6 is 0 Å². The predicted molar refractivity (Wildman–Crippen MR) is 87.5 cm³/mol. The molecule has 118 valence electrons. The van der Waals surface area contributed by atoms with Gasteiger partial charge in [-0.15, -0.1) is 0 Å². The number of nitrogens with one attached hydrogen (secondary N) is 1. The number of hydrogen-bond donors (Lipinski definition) is 1. The lowest BCUT2D eigenvalue weighted by molar-refractivity contribution is 0.602. The van der Waals surface area contributed by atoms with Gasteiger partial charge in [0.15, 0.2) is 9.84 Å². The van der Waals surface area contributed by atoms with Gasteiger partial charge >= 0.3 is 11.1 Å². The molecular weight excluding hydrogens is 316 g/mol. The molecule has 1 N–H and O–H groups in total. The molecule has 0 unspecified atom stereocenters. The fourth-order valence-electron chi connectivity index (χ4n) is 2.41. The third-order valence-corrected chi connectivity index (χ3v) is 4.67. The summed E-state index contributed by atoms with van der Waals surface area (Å²) in [6.45, 7) is 0.234. The Kier molecular flexibility index (Phi) is 3.65. The minimum absolute atomic E-state index is 0.0885. The smallest absolute Gasteiger partial charge is 0.316 e. The summed E-state index contributed by atoms with van der Waals surface area (Å²) in [6.07, 6.45) is 1.09. The van der Waals surface area contributed by atoms with E-state index in [1.54, 1.807) is 0 Å². The van der Waals surface area contributed by atoms with Gasteiger partial charge in [-0.1, -0.05) is 30.3 Å². The molecule has 0 aliphatic carbocycles. The molecule has 0 aliphatic rings. The molecule has 1 heterocycles.